The number of ether oxygens (including phenoxy) is 1. The minimum atomic E-state index is -3.33. The minimum absolute atomic E-state index is 0.0550. The molecule has 1 aliphatic carbocycles. The molecule has 0 heterocycles. The van der Waals surface area contributed by atoms with Gasteiger partial charge in [-0.25, -0.2) is 18.0 Å². The van der Waals surface area contributed by atoms with Crippen molar-refractivity contribution in [3.63, 3.8) is 0 Å². The molecule has 0 saturated carbocycles. The highest BCUT2D eigenvalue weighted by Gasteiger charge is 2.30. The molecule has 3 rings (SSSR count). The number of hydrogen-bond acceptors (Lipinski definition) is 5. The summed E-state index contributed by atoms with van der Waals surface area (Å²) in [6, 6.07) is 14.4. The fraction of sp³-hybridized carbons (Fsp3) is 0.333. The van der Waals surface area contributed by atoms with Gasteiger partial charge in [-0.15, -0.1) is 0 Å². The molecule has 1 unspecified atom stereocenters. The van der Waals surface area contributed by atoms with Crippen molar-refractivity contribution >= 4 is 21.9 Å². The van der Waals surface area contributed by atoms with Gasteiger partial charge in [-0.2, -0.15) is 0 Å². The Morgan fingerprint density at radius 3 is 2.14 bits per heavy atom. The van der Waals surface area contributed by atoms with E-state index in [1.54, 1.807) is 0 Å². The second-order valence-electron chi connectivity index (χ2n) is 6.89. The Labute approximate surface area is 169 Å². The van der Waals surface area contributed by atoms with Crippen molar-refractivity contribution in [1.29, 1.82) is 0 Å². The standard InChI is InChI=1S/C21H23NO6S/c1-2-29(26,27)12-11-19(20(23)24)22-21(25)28-13-18-16-9-5-3-7-14(16)15-8-4-6-10-17(15)18/h3-10,18-19H,2,11-13H2,1H3,(H,22,25)(H,23,24). The van der Waals surface area contributed by atoms with Crippen LogP contribution in [0.5, 0.6) is 0 Å². The van der Waals surface area contributed by atoms with E-state index in [1.165, 1.54) is 6.92 Å². The van der Waals surface area contributed by atoms with Crippen molar-refractivity contribution < 1.29 is 27.9 Å². The van der Waals surface area contributed by atoms with Gasteiger partial charge in [0.25, 0.3) is 0 Å². The van der Waals surface area contributed by atoms with Gasteiger partial charge in [-0.3, -0.25) is 0 Å². The minimum Gasteiger partial charge on any atom is -0.480 e. The second-order valence-corrected chi connectivity index (χ2v) is 9.36. The fourth-order valence-corrected chi connectivity index (χ4v) is 4.36. The van der Waals surface area contributed by atoms with Crippen LogP contribution in [-0.2, 0) is 19.4 Å². The van der Waals surface area contributed by atoms with Gasteiger partial charge in [0, 0.05) is 11.7 Å². The van der Waals surface area contributed by atoms with Crippen molar-refractivity contribution in [2.75, 3.05) is 18.1 Å². The molecule has 2 aromatic carbocycles. The first-order valence-electron chi connectivity index (χ1n) is 9.37. The lowest BCUT2D eigenvalue weighted by Crippen LogP contribution is -2.42. The van der Waals surface area contributed by atoms with Gasteiger partial charge in [-0.05, 0) is 28.7 Å². The summed E-state index contributed by atoms with van der Waals surface area (Å²) in [7, 11) is -3.33. The first kappa shape index (κ1) is 20.9. The number of sulfone groups is 1. The zero-order valence-corrected chi connectivity index (χ0v) is 16.8. The molecule has 29 heavy (non-hydrogen) atoms. The molecule has 1 amide bonds. The maximum Gasteiger partial charge on any atom is 0.407 e. The van der Waals surface area contributed by atoms with E-state index in [0.29, 0.717) is 0 Å². The molecule has 0 radical (unpaired) electrons. The zero-order chi connectivity index (χ0) is 21.0. The summed E-state index contributed by atoms with van der Waals surface area (Å²) in [6.07, 6.45) is -1.09. The van der Waals surface area contributed by atoms with E-state index in [1.807, 2.05) is 48.5 Å². The monoisotopic (exact) mass is 417 g/mol. The zero-order valence-electron chi connectivity index (χ0n) is 16.0. The van der Waals surface area contributed by atoms with E-state index in [4.69, 9.17) is 4.74 Å². The number of carboxylic acids is 1. The number of nitrogens with one attached hydrogen (secondary N) is 1. The van der Waals surface area contributed by atoms with E-state index in [0.717, 1.165) is 22.3 Å². The molecular formula is C21H23NO6S. The number of carboxylic acid groups (broad SMARTS) is 1. The van der Waals surface area contributed by atoms with Crippen LogP contribution < -0.4 is 5.32 Å². The molecule has 2 N–H and O–H groups in total. The lowest BCUT2D eigenvalue weighted by Gasteiger charge is -2.17. The Balaban J connectivity index is 1.65. The third kappa shape index (κ3) is 4.76. The molecule has 0 fully saturated rings. The molecule has 0 spiro atoms. The first-order chi connectivity index (χ1) is 13.8. The highest BCUT2D eigenvalue weighted by molar-refractivity contribution is 7.91. The van der Waals surface area contributed by atoms with Gasteiger partial charge in [0.2, 0.25) is 0 Å². The molecule has 0 bridgehead atoms. The summed E-state index contributed by atoms with van der Waals surface area (Å²) >= 11 is 0. The molecule has 2 aromatic rings. The largest absolute Gasteiger partial charge is 0.480 e. The third-order valence-electron chi connectivity index (χ3n) is 5.09. The molecular weight excluding hydrogens is 394 g/mol. The lowest BCUT2D eigenvalue weighted by molar-refractivity contribution is -0.139. The first-order valence-corrected chi connectivity index (χ1v) is 11.2. The molecule has 7 nitrogen and oxygen atoms in total. The van der Waals surface area contributed by atoms with Crippen LogP contribution >= 0.6 is 0 Å². The van der Waals surface area contributed by atoms with Crippen LogP contribution in [0.1, 0.15) is 30.4 Å². The van der Waals surface area contributed by atoms with Crippen LogP contribution in [0.25, 0.3) is 11.1 Å². The van der Waals surface area contributed by atoms with E-state index < -0.39 is 27.9 Å². The molecule has 154 valence electrons. The third-order valence-corrected chi connectivity index (χ3v) is 6.83. The fourth-order valence-electron chi connectivity index (χ4n) is 3.48. The summed E-state index contributed by atoms with van der Waals surface area (Å²) in [4.78, 5) is 23.5. The maximum atomic E-state index is 12.2. The van der Waals surface area contributed by atoms with Crippen molar-refractivity contribution in [2.24, 2.45) is 0 Å². The normalized spacial score (nSPS) is 14.0. The Morgan fingerprint density at radius 1 is 1.07 bits per heavy atom. The van der Waals surface area contributed by atoms with E-state index in [-0.39, 0.29) is 30.5 Å². The number of carbonyl (C=O) groups is 2. The van der Waals surface area contributed by atoms with Crippen LogP contribution in [-0.4, -0.2) is 49.7 Å². The van der Waals surface area contributed by atoms with Gasteiger partial charge in [0.05, 0.1) is 5.75 Å². The SMILES string of the molecule is CCS(=O)(=O)CCC(NC(=O)OCC1c2ccccc2-c2ccccc21)C(=O)O. The topological polar surface area (TPSA) is 110 Å². The summed E-state index contributed by atoms with van der Waals surface area (Å²) < 4.78 is 28.5. The summed E-state index contributed by atoms with van der Waals surface area (Å²) in [5.41, 5.74) is 4.27. The summed E-state index contributed by atoms with van der Waals surface area (Å²) in [5.74, 6) is -1.84. The van der Waals surface area contributed by atoms with Crippen molar-refractivity contribution in [1.82, 2.24) is 5.32 Å². The van der Waals surface area contributed by atoms with Crippen molar-refractivity contribution in [3.05, 3.63) is 59.7 Å². The number of aliphatic carboxylic acids is 1. The molecule has 0 aromatic heterocycles. The van der Waals surface area contributed by atoms with Crippen LogP contribution in [0.2, 0.25) is 0 Å². The Morgan fingerprint density at radius 2 is 1.62 bits per heavy atom. The Kier molecular flexibility index (Phi) is 6.22. The lowest BCUT2D eigenvalue weighted by atomic mass is 9.98. The van der Waals surface area contributed by atoms with Crippen LogP contribution in [0, 0.1) is 0 Å². The highest BCUT2D eigenvalue weighted by Crippen LogP contribution is 2.44. The average Bonchev–Trinajstić information content (AvgIpc) is 3.03. The molecule has 8 heteroatoms. The summed E-state index contributed by atoms with van der Waals surface area (Å²) in [6.45, 7) is 1.55. The maximum absolute atomic E-state index is 12.2. The van der Waals surface area contributed by atoms with E-state index >= 15 is 0 Å². The Hall–Kier alpha value is -2.87. The second kappa shape index (κ2) is 8.65. The van der Waals surface area contributed by atoms with Gasteiger partial charge < -0.3 is 15.2 Å². The number of carbonyl (C=O) groups excluding carboxylic acids is 1. The number of hydrogen-bond donors (Lipinski definition) is 2. The van der Waals surface area contributed by atoms with Gasteiger partial charge >= 0.3 is 12.1 Å². The molecule has 1 aliphatic rings. The number of benzene rings is 2. The van der Waals surface area contributed by atoms with Crippen molar-refractivity contribution in [3.8, 4) is 11.1 Å². The van der Waals surface area contributed by atoms with Gasteiger partial charge in [0.15, 0.2) is 0 Å². The molecule has 0 aliphatic heterocycles. The van der Waals surface area contributed by atoms with Crippen LogP contribution in [0.15, 0.2) is 48.5 Å². The van der Waals surface area contributed by atoms with Crippen LogP contribution in [0.3, 0.4) is 0 Å². The van der Waals surface area contributed by atoms with E-state index in [2.05, 4.69) is 5.32 Å². The smallest absolute Gasteiger partial charge is 0.407 e. The van der Waals surface area contributed by atoms with Crippen molar-refractivity contribution in [2.45, 2.75) is 25.3 Å². The summed E-state index contributed by atoms with van der Waals surface area (Å²) in [5, 5.41) is 11.5. The predicted octanol–water partition coefficient (Wildman–Crippen LogP) is 2.80. The highest BCUT2D eigenvalue weighted by atomic mass is 32.2. The molecule has 0 saturated heterocycles. The number of amides is 1. The number of fused-ring (bicyclic) bond motifs is 3. The van der Waals surface area contributed by atoms with Gasteiger partial charge in [0.1, 0.15) is 22.5 Å². The predicted molar refractivity (Wildman–Crippen MR) is 109 cm³/mol. The molecule has 1 atom stereocenters. The average molecular weight is 417 g/mol. The van der Waals surface area contributed by atoms with Gasteiger partial charge in [-0.1, -0.05) is 55.5 Å². The Bertz CT molecular complexity index is 972. The number of rotatable bonds is 8. The van der Waals surface area contributed by atoms with Crippen LogP contribution in [0.4, 0.5) is 4.79 Å². The number of alkyl carbamates (subject to hydrolysis) is 1. The quantitative estimate of drug-likeness (QED) is 0.683. The van der Waals surface area contributed by atoms with E-state index in [9.17, 15) is 23.1 Å².